The Bertz CT molecular complexity index is 554. The smallest absolute Gasteiger partial charge is 0.465 e. The maximum Gasteiger partial charge on any atom is 0.475 e. The molecule has 0 aromatic heterocycles. The van der Waals surface area contributed by atoms with Gasteiger partial charge >= 0.3 is 13.8 Å². The monoisotopic (exact) mass is 462 g/mol. The van der Waals surface area contributed by atoms with Crippen LogP contribution in [0.15, 0.2) is 0 Å². The van der Waals surface area contributed by atoms with Crippen LogP contribution in [0.5, 0.6) is 0 Å². The summed E-state index contributed by atoms with van der Waals surface area (Å²) < 4.78 is 34.2. The highest BCUT2D eigenvalue weighted by atomic mass is 31.2. The Hall–Kier alpha value is -0.460. The van der Waals surface area contributed by atoms with Gasteiger partial charge < -0.3 is 9.84 Å². The van der Waals surface area contributed by atoms with E-state index in [0.717, 1.165) is 32.1 Å². The average Bonchev–Trinajstić information content (AvgIpc) is 3.03. The molecule has 0 saturated carbocycles. The van der Waals surface area contributed by atoms with E-state index in [9.17, 15) is 14.5 Å². The SMILES string of the molecule is CC(O)CCCCCCCCCCCCCCOP1(=O)OCC2COC(=O)C2C(C)O1. The summed E-state index contributed by atoms with van der Waals surface area (Å²) >= 11 is 0. The second-order valence-corrected chi connectivity index (χ2v) is 10.8. The van der Waals surface area contributed by atoms with Gasteiger partial charge in [-0.05, 0) is 26.7 Å². The second-order valence-electron chi connectivity index (χ2n) is 9.18. The van der Waals surface area contributed by atoms with E-state index in [0.29, 0.717) is 13.2 Å². The first-order valence-corrected chi connectivity index (χ1v) is 13.8. The summed E-state index contributed by atoms with van der Waals surface area (Å²) in [5, 5.41) is 9.23. The number of rotatable bonds is 16. The third-order valence-electron chi connectivity index (χ3n) is 6.23. The Morgan fingerprint density at radius 2 is 1.52 bits per heavy atom. The molecule has 0 aliphatic carbocycles. The number of phosphoric ester groups is 1. The number of aliphatic hydroxyl groups is 1. The van der Waals surface area contributed by atoms with E-state index in [1.54, 1.807) is 6.92 Å². The van der Waals surface area contributed by atoms with E-state index in [2.05, 4.69) is 0 Å². The van der Waals surface area contributed by atoms with Crippen LogP contribution in [0, 0.1) is 11.8 Å². The first-order valence-electron chi connectivity index (χ1n) is 12.3. The van der Waals surface area contributed by atoms with Gasteiger partial charge in [0.15, 0.2) is 0 Å². The number of ether oxygens (including phenoxy) is 1. The summed E-state index contributed by atoms with van der Waals surface area (Å²) in [6.45, 7) is 4.40. The molecule has 1 N–H and O–H groups in total. The standard InChI is InChI=1S/C23H43O7P/c1-19(24)15-13-11-9-7-5-3-4-6-8-10-12-14-16-28-31(26)29-18-21-17-27-23(25)22(21)20(2)30-31/h19-22,24H,3-18H2,1-2H3. The molecule has 0 radical (unpaired) electrons. The predicted octanol–water partition coefficient (Wildman–Crippen LogP) is 5.79. The number of carbonyl (C=O) groups excluding carboxylic acids is 1. The molecule has 8 heteroatoms. The molecule has 31 heavy (non-hydrogen) atoms. The number of cyclic esters (lactones) is 1. The Kier molecular flexibility index (Phi) is 12.7. The van der Waals surface area contributed by atoms with E-state index in [4.69, 9.17) is 18.3 Å². The molecule has 2 aliphatic rings. The topological polar surface area (TPSA) is 91.3 Å². The van der Waals surface area contributed by atoms with Crippen LogP contribution in [0.25, 0.3) is 0 Å². The van der Waals surface area contributed by atoms with Crippen molar-refractivity contribution in [3.05, 3.63) is 0 Å². The lowest BCUT2D eigenvalue weighted by atomic mass is 9.92. The third kappa shape index (κ3) is 10.3. The van der Waals surface area contributed by atoms with Crippen LogP contribution in [0.3, 0.4) is 0 Å². The summed E-state index contributed by atoms with van der Waals surface area (Å²) in [6, 6.07) is 0. The zero-order valence-corrected chi connectivity index (χ0v) is 20.4. The van der Waals surface area contributed by atoms with Gasteiger partial charge in [-0.25, -0.2) is 4.57 Å². The van der Waals surface area contributed by atoms with Gasteiger partial charge in [-0.1, -0.05) is 70.6 Å². The molecular weight excluding hydrogens is 419 g/mol. The first kappa shape index (κ1) is 26.8. The molecule has 0 aromatic rings. The summed E-state index contributed by atoms with van der Waals surface area (Å²) in [5.41, 5.74) is 0. The number of aliphatic hydroxyl groups excluding tert-OH is 1. The lowest BCUT2D eigenvalue weighted by Gasteiger charge is -2.19. The molecule has 2 heterocycles. The van der Waals surface area contributed by atoms with Crippen molar-refractivity contribution in [2.75, 3.05) is 19.8 Å². The van der Waals surface area contributed by atoms with Gasteiger partial charge in [-0.2, -0.15) is 0 Å². The molecular formula is C23H43O7P. The van der Waals surface area contributed by atoms with Gasteiger partial charge in [0.1, 0.15) is 0 Å². The van der Waals surface area contributed by atoms with Crippen LogP contribution in [0.4, 0.5) is 0 Å². The molecule has 182 valence electrons. The minimum absolute atomic E-state index is 0.114. The maximum absolute atomic E-state index is 12.7. The quantitative estimate of drug-likeness (QED) is 0.176. The van der Waals surface area contributed by atoms with Crippen molar-refractivity contribution in [1.29, 1.82) is 0 Å². The third-order valence-corrected chi connectivity index (χ3v) is 7.79. The lowest BCUT2D eigenvalue weighted by molar-refractivity contribution is -0.143. The molecule has 2 rings (SSSR count). The number of hydrogen-bond donors (Lipinski definition) is 1. The van der Waals surface area contributed by atoms with Crippen molar-refractivity contribution in [2.45, 2.75) is 110 Å². The Balaban J connectivity index is 1.41. The van der Waals surface area contributed by atoms with Crippen LogP contribution in [0.2, 0.25) is 0 Å². The zero-order chi connectivity index (χ0) is 22.5. The van der Waals surface area contributed by atoms with Gasteiger partial charge in [0.25, 0.3) is 0 Å². The zero-order valence-electron chi connectivity index (χ0n) is 19.5. The molecule has 5 unspecified atom stereocenters. The molecule has 7 nitrogen and oxygen atoms in total. The van der Waals surface area contributed by atoms with Gasteiger partial charge in [-0.15, -0.1) is 0 Å². The fourth-order valence-corrected chi connectivity index (χ4v) is 5.81. The summed E-state index contributed by atoms with van der Waals surface area (Å²) in [5.74, 6) is -0.839. The summed E-state index contributed by atoms with van der Waals surface area (Å²) in [7, 11) is -3.60. The van der Waals surface area contributed by atoms with Gasteiger partial charge in [-0.3, -0.25) is 18.4 Å². The van der Waals surface area contributed by atoms with Gasteiger partial charge in [0, 0.05) is 5.92 Å². The fourth-order valence-electron chi connectivity index (χ4n) is 4.35. The summed E-state index contributed by atoms with van der Waals surface area (Å²) in [4.78, 5) is 11.8. The maximum atomic E-state index is 12.7. The molecule has 5 atom stereocenters. The van der Waals surface area contributed by atoms with E-state index in [1.165, 1.54) is 51.4 Å². The second kappa shape index (κ2) is 14.6. The van der Waals surface area contributed by atoms with Crippen LogP contribution in [-0.2, 0) is 27.7 Å². The number of esters is 1. The highest BCUT2D eigenvalue weighted by molar-refractivity contribution is 7.48. The van der Waals surface area contributed by atoms with Crippen molar-refractivity contribution in [3.8, 4) is 0 Å². The van der Waals surface area contributed by atoms with E-state index in [-0.39, 0.29) is 24.6 Å². The van der Waals surface area contributed by atoms with Crippen molar-refractivity contribution >= 4 is 13.8 Å². The molecule has 0 aromatic carbocycles. The van der Waals surface area contributed by atoms with Crippen LogP contribution in [0.1, 0.15) is 97.3 Å². The number of carbonyl (C=O) groups is 1. The predicted molar refractivity (Wildman–Crippen MR) is 120 cm³/mol. The Labute approximate surface area is 188 Å². The lowest BCUT2D eigenvalue weighted by Crippen LogP contribution is -2.28. The first-order chi connectivity index (χ1) is 14.9. The molecule has 0 bridgehead atoms. The van der Waals surface area contributed by atoms with Crippen LogP contribution < -0.4 is 0 Å². The Morgan fingerprint density at radius 1 is 0.968 bits per heavy atom. The van der Waals surface area contributed by atoms with E-state index in [1.807, 2.05) is 6.92 Å². The largest absolute Gasteiger partial charge is 0.475 e. The average molecular weight is 463 g/mol. The molecule has 2 fully saturated rings. The van der Waals surface area contributed by atoms with Crippen molar-refractivity contribution in [1.82, 2.24) is 0 Å². The summed E-state index contributed by atoms with van der Waals surface area (Å²) in [6.07, 6.45) is 14.7. The molecule has 0 amide bonds. The number of hydrogen-bond acceptors (Lipinski definition) is 7. The highest BCUT2D eigenvalue weighted by Crippen LogP contribution is 2.55. The van der Waals surface area contributed by atoms with Crippen molar-refractivity contribution in [2.24, 2.45) is 11.8 Å². The van der Waals surface area contributed by atoms with Crippen molar-refractivity contribution < 1.29 is 32.8 Å². The minimum atomic E-state index is -3.60. The van der Waals surface area contributed by atoms with E-state index >= 15 is 0 Å². The highest BCUT2D eigenvalue weighted by Gasteiger charge is 2.48. The fraction of sp³-hybridized carbons (Fsp3) is 0.957. The number of fused-ring (bicyclic) bond motifs is 1. The molecule has 2 saturated heterocycles. The Morgan fingerprint density at radius 3 is 2.10 bits per heavy atom. The minimum Gasteiger partial charge on any atom is -0.465 e. The van der Waals surface area contributed by atoms with Gasteiger partial charge in [0.05, 0.1) is 37.9 Å². The van der Waals surface area contributed by atoms with E-state index < -0.39 is 19.8 Å². The molecule has 2 aliphatic heterocycles. The number of phosphoric acid groups is 1. The number of unbranched alkanes of at least 4 members (excludes halogenated alkanes) is 11. The van der Waals surface area contributed by atoms with Crippen molar-refractivity contribution in [3.63, 3.8) is 0 Å². The van der Waals surface area contributed by atoms with Crippen LogP contribution >= 0.6 is 7.82 Å². The van der Waals surface area contributed by atoms with Crippen LogP contribution in [-0.4, -0.2) is 43.1 Å². The van der Waals surface area contributed by atoms with Gasteiger partial charge in [0.2, 0.25) is 0 Å². The molecule has 0 spiro atoms. The normalized spacial score (nSPS) is 29.4.